The second-order valence-corrected chi connectivity index (χ2v) is 7.99. The molecular weight excluding hydrogens is 390 g/mol. The van der Waals surface area contributed by atoms with Crippen LogP contribution in [-0.2, 0) is 23.9 Å². The number of esters is 2. The van der Waals surface area contributed by atoms with E-state index in [4.69, 9.17) is 9.47 Å². The number of hydrogen-bond acceptors (Lipinski definition) is 5. The second-order valence-electron chi connectivity index (χ2n) is 6.93. The highest BCUT2D eigenvalue weighted by molar-refractivity contribution is 9.09. The largest absolute Gasteiger partial charge is 0.461 e. The first-order valence-electron chi connectivity index (χ1n) is 8.34. The molecule has 1 saturated heterocycles. The third-order valence-electron chi connectivity index (χ3n) is 5.56. The first-order valence-corrected chi connectivity index (χ1v) is 9.25. The smallest absolute Gasteiger partial charge is 0.310 e. The molecule has 132 valence electrons. The van der Waals surface area contributed by atoms with Gasteiger partial charge in [-0.15, -0.1) is 0 Å². The fraction of sp³-hybridized carbons (Fsp3) is 0.500. The van der Waals surface area contributed by atoms with Crippen LogP contribution < -0.4 is 5.32 Å². The number of halogens is 1. The van der Waals surface area contributed by atoms with Gasteiger partial charge in [0.15, 0.2) is 6.61 Å². The van der Waals surface area contributed by atoms with E-state index in [2.05, 4.69) is 21.2 Å². The van der Waals surface area contributed by atoms with Crippen molar-refractivity contribution in [3.8, 4) is 0 Å². The van der Waals surface area contributed by atoms with E-state index in [-0.39, 0.29) is 35.3 Å². The summed E-state index contributed by atoms with van der Waals surface area (Å²) in [6.07, 6.45) is 0.655. The van der Waals surface area contributed by atoms with Gasteiger partial charge >= 0.3 is 11.9 Å². The highest BCUT2D eigenvalue weighted by Crippen LogP contribution is 2.60. The molecule has 7 heteroatoms. The number of fused-ring (bicyclic) bond motifs is 1. The van der Waals surface area contributed by atoms with Gasteiger partial charge in [0.2, 0.25) is 0 Å². The van der Waals surface area contributed by atoms with Crippen LogP contribution >= 0.6 is 15.9 Å². The van der Waals surface area contributed by atoms with Gasteiger partial charge in [-0.2, -0.15) is 0 Å². The molecule has 0 spiro atoms. The highest BCUT2D eigenvalue weighted by Gasteiger charge is 2.68. The molecule has 6 nitrogen and oxygen atoms in total. The van der Waals surface area contributed by atoms with Crippen molar-refractivity contribution in [1.29, 1.82) is 0 Å². The molecule has 2 saturated carbocycles. The molecule has 1 N–H and O–H groups in total. The number of para-hydroxylation sites is 1. The topological polar surface area (TPSA) is 81.7 Å². The number of hydrogen-bond donors (Lipinski definition) is 1. The Labute approximate surface area is 153 Å². The average Bonchev–Trinajstić information content (AvgIpc) is 3.19. The lowest BCUT2D eigenvalue weighted by Gasteiger charge is -2.26. The second kappa shape index (κ2) is 6.12. The molecule has 1 heterocycles. The van der Waals surface area contributed by atoms with Gasteiger partial charge in [-0.25, -0.2) is 0 Å². The zero-order valence-electron chi connectivity index (χ0n) is 13.6. The van der Waals surface area contributed by atoms with Gasteiger partial charge in [0, 0.05) is 11.6 Å². The fourth-order valence-corrected chi connectivity index (χ4v) is 5.47. The first kappa shape index (κ1) is 16.6. The molecule has 25 heavy (non-hydrogen) atoms. The van der Waals surface area contributed by atoms with E-state index in [0.717, 1.165) is 12.0 Å². The first-order chi connectivity index (χ1) is 12.0. The molecule has 3 aliphatic rings. The molecule has 6 atom stereocenters. The molecule has 3 fully saturated rings. The number of anilines is 1. The molecule has 1 aliphatic heterocycles. The van der Waals surface area contributed by atoms with Crippen molar-refractivity contribution >= 4 is 39.5 Å². The van der Waals surface area contributed by atoms with Crippen LogP contribution in [0.1, 0.15) is 12.0 Å². The van der Waals surface area contributed by atoms with Crippen molar-refractivity contribution in [2.24, 2.45) is 23.7 Å². The van der Waals surface area contributed by atoms with Gasteiger partial charge in [-0.05, 0) is 30.9 Å². The van der Waals surface area contributed by atoms with Crippen molar-refractivity contribution in [2.75, 3.05) is 11.9 Å². The molecular formula is C18H18BrNO5. The lowest BCUT2D eigenvalue weighted by molar-refractivity contribution is -0.157. The zero-order valence-corrected chi connectivity index (χ0v) is 15.2. The van der Waals surface area contributed by atoms with Crippen LogP contribution in [0.15, 0.2) is 24.3 Å². The Morgan fingerprint density at radius 3 is 2.84 bits per heavy atom. The van der Waals surface area contributed by atoms with Crippen LogP contribution in [0.25, 0.3) is 0 Å². The minimum atomic E-state index is -0.521. The number of carbonyl (C=O) groups excluding carboxylic acids is 3. The Hall–Kier alpha value is -1.89. The third-order valence-corrected chi connectivity index (χ3v) is 6.76. The molecule has 2 bridgehead atoms. The number of alkyl halides is 1. The summed E-state index contributed by atoms with van der Waals surface area (Å²) in [5.41, 5.74) is 1.61. The number of benzene rings is 1. The predicted octanol–water partition coefficient (Wildman–Crippen LogP) is 2.05. The molecule has 4 rings (SSSR count). The van der Waals surface area contributed by atoms with Crippen molar-refractivity contribution in [3.05, 3.63) is 29.8 Å². The van der Waals surface area contributed by atoms with Crippen LogP contribution in [0.5, 0.6) is 0 Å². The van der Waals surface area contributed by atoms with Gasteiger partial charge < -0.3 is 14.8 Å². The SMILES string of the molecule is Cc1ccccc1NC(=O)COC(=O)[C@@H]1[C@H]2C[C@H]3[C@H](OC(=O)[C@H]31)[C@H]2Br. The summed E-state index contributed by atoms with van der Waals surface area (Å²) in [7, 11) is 0. The Morgan fingerprint density at radius 2 is 2.08 bits per heavy atom. The van der Waals surface area contributed by atoms with E-state index in [1.807, 2.05) is 25.1 Å². The van der Waals surface area contributed by atoms with Crippen molar-refractivity contribution < 1.29 is 23.9 Å². The highest BCUT2D eigenvalue weighted by atomic mass is 79.9. The quantitative estimate of drug-likeness (QED) is 0.609. The normalized spacial score (nSPS) is 34.7. The van der Waals surface area contributed by atoms with E-state index >= 15 is 0 Å². The number of aryl methyl sites for hydroxylation is 1. The van der Waals surface area contributed by atoms with Crippen molar-refractivity contribution in [3.63, 3.8) is 0 Å². The number of nitrogens with one attached hydrogen (secondary N) is 1. The molecule has 0 aromatic heterocycles. The van der Waals surface area contributed by atoms with E-state index in [0.29, 0.717) is 5.69 Å². The van der Waals surface area contributed by atoms with E-state index in [9.17, 15) is 14.4 Å². The van der Waals surface area contributed by atoms with Gasteiger partial charge in [0.1, 0.15) is 6.10 Å². The Balaban J connectivity index is 1.37. The predicted molar refractivity (Wildman–Crippen MR) is 91.9 cm³/mol. The average molecular weight is 408 g/mol. The van der Waals surface area contributed by atoms with Crippen molar-refractivity contribution in [2.45, 2.75) is 24.3 Å². The minimum absolute atomic E-state index is 0.0152. The maximum Gasteiger partial charge on any atom is 0.310 e. The lowest BCUT2D eigenvalue weighted by Crippen LogP contribution is -2.39. The lowest BCUT2D eigenvalue weighted by atomic mass is 9.80. The van der Waals surface area contributed by atoms with Crippen LogP contribution in [-0.4, -0.2) is 35.4 Å². The number of rotatable bonds is 4. The molecule has 1 amide bonds. The van der Waals surface area contributed by atoms with Crippen molar-refractivity contribution in [1.82, 2.24) is 0 Å². The van der Waals surface area contributed by atoms with Crippen LogP contribution in [0.4, 0.5) is 5.69 Å². The Morgan fingerprint density at radius 1 is 1.32 bits per heavy atom. The number of carbonyl (C=O) groups is 3. The summed E-state index contributed by atoms with van der Waals surface area (Å²) in [6, 6.07) is 7.37. The van der Waals surface area contributed by atoms with E-state index in [1.165, 1.54) is 0 Å². The third kappa shape index (κ3) is 2.65. The summed E-state index contributed by atoms with van der Waals surface area (Å²) < 4.78 is 10.6. The summed E-state index contributed by atoms with van der Waals surface area (Å²) in [5, 5.41) is 2.72. The number of ether oxygens (including phenoxy) is 2. The summed E-state index contributed by atoms with van der Waals surface area (Å²) in [6.45, 7) is 1.52. The summed E-state index contributed by atoms with van der Waals surface area (Å²) in [4.78, 5) is 36.6. The summed E-state index contributed by atoms with van der Waals surface area (Å²) >= 11 is 3.55. The fourth-order valence-electron chi connectivity index (χ4n) is 4.43. The Bertz CT molecular complexity index is 751. The standard InChI is InChI=1S/C18H18BrNO5/c1-8-4-2-3-5-11(8)20-12(21)7-24-17(22)13-9-6-10-14(13)18(23)25-16(10)15(9)19/h2-5,9-10,13-16H,6-7H2,1H3,(H,20,21)/t9-,10-,13-,14-,15+,16+/m1/s1. The molecule has 2 aliphatic carbocycles. The van der Waals surface area contributed by atoms with Gasteiger partial charge in [-0.3, -0.25) is 14.4 Å². The zero-order chi connectivity index (χ0) is 17.7. The molecule has 0 radical (unpaired) electrons. The number of amides is 1. The minimum Gasteiger partial charge on any atom is -0.461 e. The Kier molecular flexibility index (Phi) is 4.06. The van der Waals surface area contributed by atoms with Gasteiger partial charge in [0.05, 0.1) is 16.7 Å². The van der Waals surface area contributed by atoms with Crippen LogP contribution in [0.2, 0.25) is 0 Å². The maximum atomic E-state index is 12.5. The van der Waals surface area contributed by atoms with Crippen LogP contribution in [0, 0.1) is 30.6 Å². The van der Waals surface area contributed by atoms with E-state index < -0.39 is 23.7 Å². The maximum absolute atomic E-state index is 12.5. The van der Waals surface area contributed by atoms with Crippen LogP contribution in [0.3, 0.4) is 0 Å². The molecule has 0 unspecified atom stereocenters. The van der Waals surface area contributed by atoms with Gasteiger partial charge in [-0.1, -0.05) is 34.1 Å². The monoisotopic (exact) mass is 407 g/mol. The molecule has 1 aromatic rings. The van der Waals surface area contributed by atoms with E-state index in [1.54, 1.807) is 6.07 Å². The summed E-state index contributed by atoms with van der Waals surface area (Å²) in [5.74, 6) is -2.03. The molecule has 1 aromatic carbocycles. The van der Waals surface area contributed by atoms with Gasteiger partial charge in [0.25, 0.3) is 5.91 Å².